The molecular weight excluding hydrogens is 426 g/mol. The van der Waals surface area contributed by atoms with Crippen molar-refractivity contribution in [3.63, 3.8) is 0 Å². The van der Waals surface area contributed by atoms with Crippen LogP contribution in [0.15, 0.2) is 52.1 Å². The van der Waals surface area contributed by atoms with Crippen LogP contribution in [0.5, 0.6) is 5.75 Å². The number of nitrogens with zero attached hydrogens (tertiary/aromatic N) is 2. The van der Waals surface area contributed by atoms with Crippen LogP contribution in [0.2, 0.25) is 0 Å². The molecule has 1 fully saturated rings. The van der Waals surface area contributed by atoms with Gasteiger partial charge in [0.25, 0.3) is 0 Å². The number of aliphatic imine (C=N–C) groups is 1. The zero-order valence-corrected chi connectivity index (χ0v) is 17.0. The molecule has 2 aromatic rings. The summed E-state index contributed by atoms with van der Waals surface area (Å²) in [6.07, 6.45) is 3.69. The maximum absolute atomic E-state index is 11.5. The van der Waals surface area contributed by atoms with Gasteiger partial charge in [-0.2, -0.15) is 0 Å². The lowest BCUT2D eigenvalue weighted by atomic mass is 9.64. The van der Waals surface area contributed by atoms with Crippen LogP contribution in [0.25, 0.3) is 0 Å². The molecule has 3 N–H and O–H groups in total. The number of fused-ring (bicyclic) bond motifs is 4. The summed E-state index contributed by atoms with van der Waals surface area (Å²) in [4.78, 5) is 9.37. The number of hydrogen-bond acceptors (Lipinski definition) is 6. The van der Waals surface area contributed by atoms with Crippen molar-refractivity contribution in [2.45, 2.75) is 36.5 Å². The summed E-state index contributed by atoms with van der Waals surface area (Å²) in [7, 11) is 0. The molecule has 3 heterocycles. The SMILES string of the molecule is NC1=NC2(CS1)c1cc(Br)ccc1OC1CCC(O)(c3ccccn3)CC12. The zero-order valence-electron chi connectivity index (χ0n) is 14.6. The van der Waals surface area contributed by atoms with E-state index >= 15 is 0 Å². The summed E-state index contributed by atoms with van der Waals surface area (Å²) < 4.78 is 7.36. The fourth-order valence-electron chi connectivity index (χ4n) is 4.75. The summed E-state index contributed by atoms with van der Waals surface area (Å²) in [5, 5.41) is 12.1. The van der Waals surface area contributed by atoms with Crippen molar-refractivity contribution in [1.29, 1.82) is 0 Å². The van der Waals surface area contributed by atoms with E-state index in [4.69, 9.17) is 15.5 Å². The Hall–Kier alpha value is -1.57. The highest BCUT2D eigenvalue weighted by Gasteiger charge is 2.57. The van der Waals surface area contributed by atoms with Crippen molar-refractivity contribution in [3.8, 4) is 5.75 Å². The summed E-state index contributed by atoms with van der Waals surface area (Å²) in [5.41, 5.74) is 6.45. The lowest BCUT2D eigenvalue weighted by Gasteiger charge is -2.50. The monoisotopic (exact) mass is 445 g/mol. The number of thioether (sulfide) groups is 1. The van der Waals surface area contributed by atoms with E-state index in [-0.39, 0.29) is 12.0 Å². The minimum absolute atomic E-state index is 0.0120. The molecule has 0 amide bonds. The fourth-order valence-corrected chi connectivity index (χ4v) is 6.14. The quantitative estimate of drug-likeness (QED) is 0.701. The molecule has 1 saturated carbocycles. The van der Waals surface area contributed by atoms with Gasteiger partial charge in [-0.05, 0) is 49.6 Å². The molecule has 27 heavy (non-hydrogen) atoms. The summed E-state index contributed by atoms with van der Waals surface area (Å²) in [6.45, 7) is 0. The van der Waals surface area contributed by atoms with Crippen LogP contribution in [-0.4, -0.2) is 27.1 Å². The van der Waals surface area contributed by atoms with Crippen LogP contribution in [0.1, 0.15) is 30.5 Å². The Morgan fingerprint density at radius 3 is 2.93 bits per heavy atom. The number of hydrogen-bond donors (Lipinski definition) is 2. The second kappa shape index (κ2) is 6.22. The molecule has 3 aliphatic rings. The topological polar surface area (TPSA) is 80.7 Å². The van der Waals surface area contributed by atoms with Gasteiger partial charge in [0.1, 0.15) is 23.0 Å². The molecule has 7 heteroatoms. The Morgan fingerprint density at radius 2 is 2.19 bits per heavy atom. The van der Waals surface area contributed by atoms with Gasteiger partial charge in [-0.25, -0.2) is 4.99 Å². The zero-order chi connectivity index (χ0) is 18.6. The van der Waals surface area contributed by atoms with Crippen LogP contribution < -0.4 is 10.5 Å². The Kier molecular flexibility index (Phi) is 4.04. The number of ether oxygens (including phenoxy) is 1. The molecule has 4 unspecified atom stereocenters. The number of amidine groups is 1. The number of nitrogens with two attached hydrogens (primary N) is 1. The van der Waals surface area contributed by atoms with Crippen molar-refractivity contribution in [1.82, 2.24) is 4.98 Å². The number of rotatable bonds is 1. The average Bonchev–Trinajstić information content (AvgIpc) is 3.07. The highest BCUT2D eigenvalue weighted by Crippen LogP contribution is 2.57. The van der Waals surface area contributed by atoms with E-state index in [0.29, 0.717) is 18.0 Å². The lowest BCUT2D eigenvalue weighted by molar-refractivity contribution is -0.0895. The van der Waals surface area contributed by atoms with Gasteiger partial charge in [0, 0.05) is 27.9 Å². The van der Waals surface area contributed by atoms with E-state index in [1.54, 1.807) is 18.0 Å². The number of benzene rings is 1. The molecule has 5 rings (SSSR count). The number of aromatic nitrogens is 1. The van der Waals surface area contributed by atoms with Crippen molar-refractivity contribution in [3.05, 3.63) is 58.3 Å². The third kappa shape index (κ3) is 2.70. The van der Waals surface area contributed by atoms with Crippen LogP contribution >= 0.6 is 27.7 Å². The predicted octanol–water partition coefficient (Wildman–Crippen LogP) is 3.55. The lowest BCUT2D eigenvalue weighted by Crippen LogP contribution is -2.54. The molecule has 4 atom stereocenters. The first-order valence-electron chi connectivity index (χ1n) is 9.09. The maximum Gasteiger partial charge on any atom is 0.154 e. The van der Waals surface area contributed by atoms with E-state index in [9.17, 15) is 5.11 Å². The average molecular weight is 446 g/mol. The van der Waals surface area contributed by atoms with Gasteiger partial charge in [0.2, 0.25) is 0 Å². The Labute approximate surface area is 170 Å². The first-order valence-corrected chi connectivity index (χ1v) is 10.9. The molecule has 2 aliphatic heterocycles. The largest absolute Gasteiger partial charge is 0.490 e. The first kappa shape index (κ1) is 17.5. The van der Waals surface area contributed by atoms with Gasteiger partial charge in [-0.1, -0.05) is 33.8 Å². The van der Waals surface area contributed by atoms with Crippen LogP contribution in [-0.2, 0) is 11.1 Å². The number of aliphatic hydroxyl groups is 1. The third-order valence-electron chi connectivity index (χ3n) is 6.04. The summed E-state index contributed by atoms with van der Waals surface area (Å²) >= 11 is 5.17. The number of pyridine rings is 1. The van der Waals surface area contributed by atoms with Crippen LogP contribution in [0.4, 0.5) is 0 Å². The molecule has 1 aliphatic carbocycles. The van der Waals surface area contributed by atoms with Gasteiger partial charge in [0.15, 0.2) is 5.17 Å². The smallest absolute Gasteiger partial charge is 0.154 e. The van der Waals surface area contributed by atoms with Crippen LogP contribution in [0, 0.1) is 5.92 Å². The predicted molar refractivity (Wildman–Crippen MR) is 110 cm³/mol. The van der Waals surface area contributed by atoms with E-state index in [2.05, 4.69) is 27.0 Å². The van der Waals surface area contributed by atoms with Crippen molar-refractivity contribution < 1.29 is 9.84 Å². The maximum atomic E-state index is 11.5. The van der Waals surface area contributed by atoms with Gasteiger partial charge < -0.3 is 15.6 Å². The van der Waals surface area contributed by atoms with Crippen molar-refractivity contribution in [2.24, 2.45) is 16.6 Å². The molecule has 0 saturated heterocycles. The Balaban J connectivity index is 1.62. The molecule has 1 aromatic heterocycles. The number of halogens is 1. The van der Waals surface area contributed by atoms with Gasteiger partial charge in [-0.15, -0.1) is 0 Å². The van der Waals surface area contributed by atoms with Crippen LogP contribution in [0.3, 0.4) is 0 Å². The fraction of sp³-hybridized carbons (Fsp3) is 0.400. The Morgan fingerprint density at radius 1 is 1.30 bits per heavy atom. The second-order valence-corrected chi connectivity index (χ2v) is 9.47. The van der Waals surface area contributed by atoms with Crippen molar-refractivity contribution >= 4 is 32.9 Å². The van der Waals surface area contributed by atoms with E-state index in [0.717, 1.165) is 33.7 Å². The summed E-state index contributed by atoms with van der Waals surface area (Å²) in [6, 6.07) is 11.8. The molecule has 140 valence electrons. The van der Waals surface area contributed by atoms with E-state index in [1.807, 2.05) is 30.3 Å². The Bertz CT molecular complexity index is 925. The van der Waals surface area contributed by atoms with E-state index < -0.39 is 11.1 Å². The molecule has 0 radical (unpaired) electrons. The normalized spacial score (nSPS) is 34.5. The molecule has 0 bridgehead atoms. The van der Waals surface area contributed by atoms with Crippen molar-refractivity contribution in [2.75, 3.05) is 5.75 Å². The van der Waals surface area contributed by atoms with Gasteiger partial charge in [0.05, 0.1) is 5.69 Å². The van der Waals surface area contributed by atoms with Gasteiger partial charge >= 0.3 is 0 Å². The molecule has 1 aromatic carbocycles. The second-order valence-electron chi connectivity index (χ2n) is 7.56. The minimum Gasteiger partial charge on any atom is -0.490 e. The van der Waals surface area contributed by atoms with E-state index in [1.165, 1.54) is 0 Å². The molecular formula is C20H20BrN3O2S. The molecule has 1 spiro atoms. The minimum atomic E-state index is -0.972. The first-order chi connectivity index (χ1) is 13.0. The summed E-state index contributed by atoms with van der Waals surface area (Å²) in [5.74, 6) is 1.68. The van der Waals surface area contributed by atoms with Gasteiger partial charge in [-0.3, -0.25) is 4.98 Å². The highest BCUT2D eigenvalue weighted by atomic mass is 79.9. The highest BCUT2D eigenvalue weighted by molar-refractivity contribution is 9.10. The standard InChI is InChI=1S/C20H20BrN3O2S/c21-12-4-5-15-13(9-12)20(11-27-18(22)24-20)14-10-19(25,7-6-16(14)26-15)17-3-1-2-8-23-17/h1-5,8-9,14,16,25H,6-7,10-11H2,(H2,22,24). The molecule has 5 nitrogen and oxygen atoms in total. The third-order valence-corrected chi connectivity index (χ3v) is 7.50.